The zero-order chi connectivity index (χ0) is 13.5. The first-order valence-electron chi connectivity index (χ1n) is 6.43. The Kier molecular flexibility index (Phi) is 4.85. The van der Waals surface area contributed by atoms with Gasteiger partial charge in [-0.1, -0.05) is 37.1 Å². The van der Waals surface area contributed by atoms with E-state index in [9.17, 15) is 0 Å². The molecule has 0 unspecified atom stereocenters. The van der Waals surface area contributed by atoms with Crippen LogP contribution >= 0.6 is 0 Å². The van der Waals surface area contributed by atoms with Gasteiger partial charge < -0.3 is 10.1 Å². The van der Waals surface area contributed by atoms with Crippen LogP contribution in [0.4, 0.5) is 5.95 Å². The van der Waals surface area contributed by atoms with Crippen molar-refractivity contribution in [1.29, 1.82) is 0 Å². The normalized spacial score (nSPS) is 10.9. The van der Waals surface area contributed by atoms with E-state index in [1.807, 2.05) is 30.3 Å². The molecule has 1 N–H and O–H groups in total. The fourth-order valence-corrected chi connectivity index (χ4v) is 1.59. The number of tetrazole rings is 1. The van der Waals surface area contributed by atoms with E-state index in [1.54, 1.807) is 4.68 Å². The van der Waals surface area contributed by atoms with E-state index >= 15 is 0 Å². The van der Waals surface area contributed by atoms with Gasteiger partial charge in [0, 0.05) is 13.2 Å². The van der Waals surface area contributed by atoms with Crippen LogP contribution in [0.1, 0.15) is 13.8 Å². The predicted molar refractivity (Wildman–Crippen MR) is 73.3 cm³/mol. The predicted octanol–water partition coefficient (Wildman–Crippen LogP) is 1.75. The Bertz CT molecular complexity index is 483. The van der Waals surface area contributed by atoms with Crippen molar-refractivity contribution < 1.29 is 4.74 Å². The quantitative estimate of drug-likeness (QED) is 0.769. The summed E-state index contributed by atoms with van der Waals surface area (Å²) in [6, 6.07) is 9.77. The first-order chi connectivity index (χ1) is 9.27. The van der Waals surface area contributed by atoms with Gasteiger partial charge in [-0.15, -0.1) is 0 Å². The summed E-state index contributed by atoms with van der Waals surface area (Å²) in [5.41, 5.74) is 0.929. The molecule has 1 heterocycles. The highest BCUT2D eigenvalue weighted by atomic mass is 16.5. The van der Waals surface area contributed by atoms with Crippen LogP contribution in [-0.4, -0.2) is 40.0 Å². The van der Waals surface area contributed by atoms with E-state index in [2.05, 4.69) is 34.7 Å². The van der Waals surface area contributed by atoms with E-state index in [0.29, 0.717) is 25.0 Å². The molecule has 0 radical (unpaired) electrons. The highest BCUT2D eigenvalue weighted by Crippen LogP contribution is 2.09. The molecule has 0 aliphatic heterocycles. The van der Waals surface area contributed by atoms with Crippen molar-refractivity contribution in [2.24, 2.45) is 5.92 Å². The summed E-state index contributed by atoms with van der Waals surface area (Å²) < 4.78 is 7.17. The first kappa shape index (κ1) is 13.5. The summed E-state index contributed by atoms with van der Waals surface area (Å²) >= 11 is 0. The molecule has 102 valence electrons. The number of benzene rings is 1. The molecule has 6 nitrogen and oxygen atoms in total. The number of nitrogens with one attached hydrogen (secondary N) is 1. The summed E-state index contributed by atoms with van der Waals surface area (Å²) in [6.07, 6.45) is 0. The molecule has 0 atom stereocenters. The highest BCUT2D eigenvalue weighted by molar-refractivity contribution is 5.38. The summed E-state index contributed by atoms with van der Waals surface area (Å²) in [5.74, 6) is 1.17. The van der Waals surface area contributed by atoms with Gasteiger partial charge in [-0.25, -0.2) is 0 Å². The first-order valence-corrected chi connectivity index (χ1v) is 6.43. The molecule has 0 aliphatic carbocycles. The van der Waals surface area contributed by atoms with Gasteiger partial charge in [0.15, 0.2) is 0 Å². The van der Waals surface area contributed by atoms with Crippen LogP contribution in [0.2, 0.25) is 0 Å². The van der Waals surface area contributed by atoms with Gasteiger partial charge in [0.1, 0.15) is 0 Å². The Balaban J connectivity index is 1.87. The Morgan fingerprint density at radius 1 is 1.26 bits per heavy atom. The minimum absolute atomic E-state index is 0.551. The summed E-state index contributed by atoms with van der Waals surface area (Å²) in [4.78, 5) is 0. The zero-order valence-corrected chi connectivity index (χ0v) is 11.3. The van der Waals surface area contributed by atoms with Crippen molar-refractivity contribution in [2.45, 2.75) is 13.8 Å². The largest absolute Gasteiger partial charge is 0.379 e. The number of anilines is 1. The zero-order valence-electron chi connectivity index (χ0n) is 11.3. The van der Waals surface area contributed by atoms with Crippen LogP contribution < -0.4 is 5.32 Å². The molecule has 0 saturated heterocycles. The minimum Gasteiger partial charge on any atom is -0.379 e. The molecule has 0 spiro atoms. The number of nitrogens with zero attached hydrogens (tertiary/aromatic N) is 4. The van der Waals surface area contributed by atoms with E-state index < -0.39 is 0 Å². The van der Waals surface area contributed by atoms with Gasteiger partial charge in [0.25, 0.3) is 0 Å². The lowest BCUT2D eigenvalue weighted by molar-refractivity contribution is 0.118. The lowest BCUT2D eigenvalue weighted by Crippen LogP contribution is -2.15. The molecule has 2 aromatic rings. The van der Waals surface area contributed by atoms with Gasteiger partial charge in [0.2, 0.25) is 5.95 Å². The third-order valence-electron chi connectivity index (χ3n) is 2.45. The van der Waals surface area contributed by atoms with Crippen LogP contribution in [0.5, 0.6) is 0 Å². The fourth-order valence-electron chi connectivity index (χ4n) is 1.59. The van der Waals surface area contributed by atoms with Crippen LogP contribution in [0.25, 0.3) is 5.69 Å². The average molecular weight is 261 g/mol. The molecule has 19 heavy (non-hydrogen) atoms. The summed E-state index contributed by atoms with van der Waals surface area (Å²) in [7, 11) is 0. The molecule has 1 aromatic heterocycles. The van der Waals surface area contributed by atoms with Crippen molar-refractivity contribution in [3.05, 3.63) is 30.3 Å². The number of hydrogen-bond donors (Lipinski definition) is 1. The molecular weight excluding hydrogens is 242 g/mol. The third-order valence-corrected chi connectivity index (χ3v) is 2.45. The summed E-state index contributed by atoms with van der Waals surface area (Å²) in [6.45, 7) is 6.35. The van der Waals surface area contributed by atoms with Gasteiger partial charge in [-0.3, -0.25) is 0 Å². The molecule has 0 amide bonds. The maximum Gasteiger partial charge on any atom is 0.247 e. The standard InChI is InChI=1S/C13H19N5O/c1-11(2)10-19-9-8-14-13-15-16-17-18(13)12-6-4-3-5-7-12/h3-7,11H,8-10H2,1-2H3,(H,14,15,17). The molecule has 2 rings (SSSR count). The Labute approximate surface area is 112 Å². The van der Waals surface area contributed by atoms with Crippen molar-refractivity contribution in [3.8, 4) is 5.69 Å². The minimum atomic E-state index is 0.551. The number of rotatable bonds is 7. The lowest BCUT2D eigenvalue weighted by Gasteiger charge is -2.08. The molecule has 0 aliphatic rings. The molecule has 0 fully saturated rings. The van der Waals surface area contributed by atoms with Crippen LogP contribution in [0, 0.1) is 5.92 Å². The number of hydrogen-bond acceptors (Lipinski definition) is 5. The molecule has 0 bridgehead atoms. The third kappa shape index (κ3) is 4.03. The van der Waals surface area contributed by atoms with Crippen molar-refractivity contribution >= 4 is 5.95 Å². The van der Waals surface area contributed by atoms with E-state index in [4.69, 9.17) is 4.74 Å². The smallest absolute Gasteiger partial charge is 0.247 e. The van der Waals surface area contributed by atoms with Gasteiger partial charge in [0.05, 0.1) is 12.3 Å². The molecule has 6 heteroatoms. The van der Waals surface area contributed by atoms with Crippen LogP contribution in [0.15, 0.2) is 30.3 Å². The highest BCUT2D eigenvalue weighted by Gasteiger charge is 2.06. The number of aromatic nitrogens is 4. The van der Waals surface area contributed by atoms with Gasteiger partial charge in [-0.2, -0.15) is 4.68 Å². The maximum absolute atomic E-state index is 5.50. The number of para-hydroxylation sites is 1. The van der Waals surface area contributed by atoms with E-state index in [0.717, 1.165) is 12.3 Å². The Morgan fingerprint density at radius 2 is 2.05 bits per heavy atom. The molecule has 0 saturated carbocycles. The maximum atomic E-state index is 5.50. The van der Waals surface area contributed by atoms with Crippen LogP contribution in [-0.2, 0) is 4.74 Å². The van der Waals surface area contributed by atoms with E-state index in [-0.39, 0.29) is 0 Å². The SMILES string of the molecule is CC(C)COCCNc1nnnn1-c1ccccc1. The Morgan fingerprint density at radius 3 is 2.79 bits per heavy atom. The average Bonchev–Trinajstić information content (AvgIpc) is 2.87. The molecule has 1 aromatic carbocycles. The van der Waals surface area contributed by atoms with Gasteiger partial charge >= 0.3 is 0 Å². The van der Waals surface area contributed by atoms with Crippen molar-refractivity contribution in [1.82, 2.24) is 20.2 Å². The fraction of sp³-hybridized carbons (Fsp3) is 0.462. The topological polar surface area (TPSA) is 64.9 Å². The summed E-state index contributed by atoms with van der Waals surface area (Å²) in [5, 5.41) is 14.8. The van der Waals surface area contributed by atoms with Crippen molar-refractivity contribution in [2.75, 3.05) is 25.1 Å². The monoisotopic (exact) mass is 261 g/mol. The van der Waals surface area contributed by atoms with E-state index in [1.165, 1.54) is 0 Å². The Hall–Kier alpha value is -1.95. The lowest BCUT2D eigenvalue weighted by atomic mass is 10.2. The van der Waals surface area contributed by atoms with Crippen molar-refractivity contribution in [3.63, 3.8) is 0 Å². The molecular formula is C13H19N5O. The second kappa shape index (κ2) is 6.84. The van der Waals surface area contributed by atoms with Crippen LogP contribution in [0.3, 0.4) is 0 Å². The second-order valence-electron chi connectivity index (χ2n) is 4.65. The van der Waals surface area contributed by atoms with Gasteiger partial charge in [-0.05, 0) is 28.5 Å². The second-order valence-corrected chi connectivity index (χ2v) is 4.65. The number of ether oxygens (including phenoxy) is 1.